The first-order chi connectivity index (χ1) is 9.49. The van der Waals surface area contributed by atoms with Crippen molar-refractivity contribution < 1.29 is 9.59 Å². The molecule has 1 aliphatic heterocycles. The molecule has 0 aliphatic carbocycles. The Kier molecular flexibility index (Phi) is 2.93. The van der Waals surface area contributed by atoms with Crippen LogP contribution >= 0.6 is 15.9 Å². The number of ketones is 1. The van der Waals surface area contributed by atoms with Crippen molar-refractivity contribution >= 4 is 33.3 Å². The molecule has 1 aliphatic rings. The number of hydrogen-bond acceptors (Lipinski definition) is 4. The molecule has 0 bridgehead atoms. The zero-order chi connectivity index (χ0) is 14.4. The van der Waals surface area contributed by atoms with Gasteiger partial charge in [-0.15, -0.1) is 10.2 Å². The number of Topliss-reactive ketones (excluding diaryl/α,β-unsaturated/α-hetero) is 1. The molecule has 0 N–H and O–H groups in total. The van der Waals surface area contributed by atoms with E-state index >= 15 is 0 Å². The highest BCUT2D eigenvalue weighted by Gasteiger charge is 2.37. The van der Waals surface area contributed by atoms with Crippen molar-refractivity contribution in [1.82, 2.24) is 14.8 Å². The molecule has 3 rings (SSSR count). The van der Waals surface area contributed by atoms with Gasteiger partial charge in [0.2, 0.25) is 0 Å². The second-order valence-electron chi connectivity index (χ2n) is 4.70. The quantitative estimate of drug-likeness (QED) is 0.782. The van der Waals surface area contributed by atoms with Crippen LogP contribution in [-0.4, -0.2) is 26.5 Å². The fourth-order valence-corrected chi connectivity index (χ4v) is 2.92. The van der Waals surface area contributed by atoms with E-state index in [0.717, 1.165) is 10.0 Å². The minimum absolute atomic E-state index is 0.233. The van der Waals surface area contributed by atoms with E-state index in [9.17, 15) is 9.59 Å². The van der Waals surface area contributed by atoms with Gasteiger partial charge in [0, 0.05) is 11.5 Å². The Hall–Kier alpha value is -2.02. The maximum atomic E-state index is 12.2. The van der Waals surface area contributed by atoms with Crippen LogP contribution in [0.15, 0.2) is 22.9 Å². The van der Waals surface area contributed by atoms with E-state index in [1.54, 1.807) is 24.0 Å². The number of halogens is 1. The smallest absolute Gasteiger partial charge is 0.299 e. The Morgan fingerprint density at radius 3 is 2.70 bits per heavy atom. The van der Waals surface area contributed by atoms with Crippen molar-refractivity contribution in [2.75, 3.05) is 4.90 Å². The number of hydrogen-bond donors (Lipinski definition) is 0. The van der Waals surface area contributed by atoms with Crippen molar-refractivity contribution in [3.8, 4) is 0 Å². The van der Waals surface area contributed by atoms with Gasteiger partial charge in [-0.1, -0.05) is 15.9 Å². The zero-order valence-corrected chi connectivity index (χ0v) is 12.5. The van der Waals surface area contributed by atoms with Crippen LogP contribution in [0.1, 0.15) is 21.7 Å². The van der Waals surface area contributed by atoms with Gasteiger partial charge in [-0.05, 0) is 24.6 Å². The molecule has 0 spiro atoms. The van der Waals surface area contributed by atoms with Crippen LogP contribution in [0.25, 0.3) is 0 Å². The number of rotatable bonds is 2. The maximum Gasteiger partial charge on any atom is 0.299 e. The predicted molar refractivity (Wildman–Crippen MR) is 75.4 cm³/mol. The minimum atomic E-state index is -0.524. The molecule has 1 aromatic heterocycles. The molecule has 2 heterocycles. The molecule has 20 heavy (non-hydrogen) atoms. The van der Waals surface area contributed by atoms with Gasteiger partial charge in [-0.3, -0.25) is 14.5 Å². The van der Waals surface area contributed by atoms with Crippen LogP contribution in [0.4, 0.5) is 5.69 Å². The number of aromatic nitrogens is 3. The zero-order valence-electron chi connectivity index (χ0n) is 10.9. The number of carbonyl (C=O) groups is 2. The third-order valence-corrected chi connectivity index (χ3v) is 3.78. The van der Waals surface area contributed by atoms with E-state index in [1.165, 1.54) is 4.90 Å². The minimum Gasteiger partial charge on any atom is -0.319 e. The highest BCUT2D eigenvalue weighted by atomic mass is 79.9. The monoisotopic (exact) mass is 334 g/mol. The van der Waals surface area contributed by atoms with Gasteiger partial charge >= 0.3 is 0 Å². The van der Waals surface area contributed by atoms with Crippen molar-refractivity contribution in [1.29, 1.82) is 0 Å². The number of benzene rings is 1. The van der Waals surface area contributed by atoms with Crippen molar-refractivity contribution in [3.05, 3.63) is 39.9 Å². The molecular weight excluding hydrogens is 324 g/mol. The summed E-state index contributed by atoms with van der Waals surface area (Å²) in [6.45, 7) is 2.11. The Bertz CT molecular complexity index is 738. The van der Waals surface area contributed by atoms with Crippen LogP contribution in [0.5, 0.6) is 0 Å². The van der Waals surface area contributed by atoms with Crippen LogP contribution in [-0.2, 0) is 18.4 Å². The molecule has 1 amide bonds. The third kappa shape index (κ3) is 1.85. The summed E-state index contributed by atoms with van der Waals surface area (Å²) in [6.07, 6.45) is 1.56. The number of anilines is 1. The number of carbonyl (C=O) groups excluding carboxylic acids is 2. The normalized spacial score (nSPS) is 14.1. The lowest BCUT2D eigenvalue weighted by atomic mass is 10.1. The SMILES string of the molecule is Cc1cc(Br)cc2c1N(Cc1nncn1C)C(=O)C2=O. The summed E-state index contributed by atoms with van der Waals surface area (Å²) in [5.41, 5.74) is 1.96. The standard InChI is InChI=1S/C13H11BrN4O2/c1-7-3-8(14)4-9-11(7)18(13(20)12(9)19)5-10-16-15-6-17(10)2/h3-4,6H,5H2,1-2H3. The Morgan fingerprint density at radius 2 is 2.05 bits per heavy atom. The Morgan fingerprint density at radius 1 is 1.30 bits per heavy atom. The molecule has 0 atom stereocenters. The largest absolute Gasteiger partial charge is 0.319 e. The number of aryl methyl sites for hydroxylation is 2. The molecule has 0 radical (unpaired) electrons. The second kappa shape index (κ2) is 4.52. The first kappa shape index (κ1) is 13.0. The Labute approximate surface area is 123 Å². The third-order valence-electron chi connectivity index (χ3n) is 3.32. The predicted octanol–water partition coefficient (Wildman–Crippen LogP) is 1.62. The fraction of sp³-hybridized carbons (Fsp3) is 0.231. The van der Waals surface area contributed by atoms with Crippen molar-refractivity contribution in [3.63, 3.8) is 0 Å². The molecular formula is C13H11BrN4O2. The highest BCUT2D eigenvalue weighted by molar-refractivity contribution is 9.10. The summed E-state index contributed by atoms with van der Waals surface area (Å²) in [5.74, 6) is -0.378. The lowest BCUT2D eigenvalue weighted by Crippen LogP contribution is -2.30. The number of nitrogens with zero attached hydrogens (tertiary/aromatic N) is 4. The van der Waals surface area contributed by atoms with Crippen LogP contribution in [0, 0.1) is 6.92 Å². The lowest BCUT2D eigenvalue weighted by Gasteiger charge is -2.17. The van der Waals surface area contributed by atoms with Crippen molar-refractivity contribution in [2.45, 2.75) is 13.5 Å². The topological polar surface area (TPSA) is 68.1 Å². The van der Waals surface area contributed by atoms with Crippen LogP contribution < -0.4 is 4.90 Å². The molecule has 102 valence electrons. The van der Waals surface area contributed by atoms with E-state index in [1.807, 2.05) is 13.0 Å². The fourth-order valence-electron chi connectivity index (χ4n) is 2.35. The highest BCUT2D eigenvalue weighted by Crippen LogP contribution is 2.35. The first-order valence-corrected chi connectivity index (χ1v) is 6.77. The number of fused-ring (bicyclic) bond motifs is 1. The lowest BCUT2D eigenvalue weighted by molar-refractivity contribution is -0.114. The molecule has 7 heteroatoms. The maximum absolute atomic E-state index is 12.2. The molecule has 0 unspecified atom stereocenters. The molecule has 0 saturated heterocycles. The average molecular weight is 335 g/mol. The van der Waals surface area contributed by atoms with Gasteiger partial charge in [-0.2, -0.15) is 0 Å². The molecule has 0 saturated carbocycles. The summed E-state index contributed by atoms with van der Waals surface area (Å²) in [6, 6.07) is 3.56. The van der Waals surface area contributed by atoms with E-state index in [2.05, 4.69) is 26.1 Å². The summed E-state index contributed by atoms with van der Waals surface area (Å²) in [5, 5.41) is 7.74. The van der Waals surface area contributed by atoms with Crippen LogP contribution in [0.2, 0.25) is 0 Å². The Balaban J connectivity index is 2.09. The van der Waals surface area contributed by atoms with Crippen molar-refractivity contribution in [2.24, 2.45) is 7.05 Å². The number of amides is 1. The summed E-state index contributed by atoms with van der Waals surface area (Å²) >= 11 is 3.35. The average Bonchev–Trinajstić information content (AvgIpc) is 2.88. The van der Waals surface area contributed by atoms with Gasteiger partial charge < -0.3 is 4.57 Å². The molecule has 0 fully saturated rings. The second-order valence-corrected chi connectivity index (χ2v) is 5.61. The van der Waals surface area contributed by atoms with Gasteiger partial charge in [-0.25, -0.2) is 0 Å². The van der Waals surface area contributed by atoms with Gasteiger partial charge in [0.1, 0.15) is 6.33 Å². The van der Waals surface area contributed by atoms with Gasteiger partial charge in [0.05, 0.1) is 17.8 Å². The van der Waals surface area contributed by atoms with Gasteiger partial charge in [0.25, 0.3) is 11.7 Å². The van der Waals surface area contributed by atoms with Crippen LogP contribution in [0.3, 0.4) is 0 Å². The first-order valence-electron chi connectivity index (χ1n) is 5.98. The molecule has 1 aromatic carbocycles. The van der Waals surface area contributed by atoms with E-state index in [-0.39, 0.29) is 6.54 Å². The summed E-state index contributed by atoms with van der Waals surface area (Å²) < 4.78 is 2.51. The molecule has 2 aromatic rings. The van der Waals surface area contributed by atoms with E-state index in [0.29, 0.717) is 17.1 Å². The van der Waals surface area contributed by atoms with E-state index in [4.69, 9.17) is 0 Å². The van der Waals surface area contributed by atoms with Gasteiger partial charge in [0.15, 0.2) is 5.82 Å². The summed E-state index contributed by atoms with van der Waals surface area (Å²) in [7, 11) is 1.80. The summed E-state index contributed by atoms with van der Waals surface area (Å²) in [4.78, 5) is 25.7. The van der Waals surface area contributed by atoms with E-state index < -0.39 is 11.7 Å². The molecule has 6 nitrogen and oxygen atoms in total.